The van der Waals surface area contributed by atoms with E-state index >= 15 is 0 Å². The lowest BCUT2D eigenvalue weighted by Crippen LogP contribution is -2.50. The fraction of sp³-hybridized carbons (Fsp3) is 0.833. The molecule has 2 aliphatic rings. The molecule has 2 rings (SSSR count). The van der Waals surface area contributed by atoms with Crippen molar-refractivity contribution >= 4 is 12.0 Å². The maximum Gasteiger partial charge on any atom is 0.326 e. The van der Waals surface area contributed by atoms with Crippen LogP contribution in [-0.4, -0.2) is 65.8 Å². The van der Waals surface area contributed by atoms with Gasteiger partial charge in [-0.25, -0.2) is 9.59 Å². The summed E-state index contributed by atoms with van der Waals surface area (Å²) in [6.45, 7) is 1.89. The predicted octanol–water partition coefficient (Wildman–Crippen LogP) is 0.766. The van der Waals surface area contributed by atoms with E-state index in [0.29, 0.717) is 26.2 Å². The largest absolute Gasteiger partial charge is 0.480 e. The number of hydrogen-bond donors (Lipinski definition) is 1. The summed E-state index contributed by atoms with van der Waals surface area (Å²) < 4.78 is 5.27. The van der Waals surface area contributed by atoms with Gasteiger partial charge in [-0.05, 0) is 25.7 Å². The quantitative estimate of drug-likeness (QED) is 0.792. The molecule has 0 aromatic heterocycles. The molecular formula is C12H20N2O4. The SMILES string of the molecule is CN(C(=O)N1CCC[C@H]1C(=O)O)C1CCOCC1. The first-order valence-corrected chi connectivity index (χ1v) is 6.45. The molecule has 0 spiro atoms. The Kier molecular flexibility index (Phi) is 4.06. The number of amides is 2. The van der Waals surface area contributed by atoms with Crippen LogP contribution in [0, 0.1) is 0 Å². The molecule has 18 heavy (non-hydrogen) atoms. The molecule has 1 atom stereocenters. The highest BCUT2D eigenvalue weighted by molar-refractivity contribution is 5.83. The van der Waals surface area contributed by atoms with Gasteiger partial charge in [0.2, 0.25) is 0 Å². The van der Waals surface area contributed by atoms with Crippen LogP contribution in [0.3, 0.4) is 0 Å². The van der Waals surface area contributed by atoms with Crippen LogP contribution in [-0.2, 0) is 9.53 Å². The number of hydrogen-bond acceptors (Lipinski definition) is 3. The zero-order chi connectivity index (χ0) is 13.1. The second kappa shape index (κ2) is 5.56. The van der Waals surface area contributed by atoms with E-state index in [1.165, 1.54) is 4.90 Å². The zero-order valence-electron chi connectivity index (χ0n) is 10.7. The first-order chi connectivity index (χ1) is 8.61. The Morgan fingerprint density at radius 1 is 1.28 bits per heavy atom. The molecule has 0 bridgehead atoms. The standard InChI is InChI=1S/C12H20N2O4/c1-13(9-4-7-18-8-5-9)12(17)14-6-2-3-10(14)11(15)16/h9-10H,2-8H2,1H3,(H,15,16)/t10-/m0/s1. The maximum atomic E-state index is 12.3. The first kappa shape index (κ1) is 13.1. The molecule has 102 valence electrons. The third-order valence-electron chi connectivity index (χ3n) is 3.82. The Morgan fingerprint density at radius 2 is 1.94 bits per heavy atom. The van der Waals surface area contributed by atoms with E-state index in [1.807, 2.05) is 0 Å². The van der Waals surface area contributed by atoms with Gasteiger partial charge in [0.05, 0.1) is 0 Å². The molecule has 6 nitrogen and oxygen atoms in total. The highest BCUT2D eigenvalue weighted by Gasteiger charge is 2.37. The molecule has 1 N–H and O–H groups in total. The van der Waals surface area contributed by atoms with Crippen LogP contribution in [0.4, 0.5) is 4.79 Å². The van der Waals surface area contributed by atoms with Crippen LogP contribution in [0.25, 0.3) is 0 Å². The lowest BCUT2D eigenvalue weighted by molar-refractivity contribution is -0.141. The van der Waals surface area contributed by atoms with Crippen LogP contribution in [0.2, 0.25) is 0 Å². The Balaban J connectivity index is 1.99. The minimum absolute atomic E-state index is 0.160. The zero-order valence-corrected chi connectivity index (χ0v) is 10.7. The van der Waals surface area contributed by atoms with Crippen LogP contribution < -0.4 is 0 Å². The van der Waals surface area contributed by atoms with E-state index in [0.717, 1.165) is 19.3 Å². The lowest BCUT2D eigenvalue weighted by atomic mass is 10.1. The molecule has 0 aromatic rings. The van der Waals surface area contributed by atoms with Gasteiger partial charge in [-0.15, -0.1) is 0 Å². The average molecular weight is 256 g/mol. The molecule has 0 saturated carbocycles. The number of urea groups is 1. The predicted molar refractivity (Wildman–Crippen MR) is 64.4 cm³/mol. The number of carboxylic acid groups (broad SMARTS) is 1. The van der Waals surface area contributed by atoms with Gasteiger partial charge >= 0.3 is 12.0 Å². The van der Waals surface area contributed by atoms with Crippen LogP contribution in [0.5, 0.6) is 0 Å². The number of carbonyl (C=O) groups is 2. The van der Waals surface area contributed by atoms with Crippen LogP contribution in [0.15, 0.2) is 0 Å². The van der Waals surface area contributed by atoms with Gasteiger partial charge in [0.15, 0.2) is 0 Å². The number of likely N-dealkylation sites (tertiary alicyclic amines) is 1. The van der Waals surface area contributed by atoms with Gasteiger partial charge in [0.1, 0.15) is 6.04 Å². The van der Waals surface area contributed by atoms with E-state index in [2.05, 4.69) is 0 Å². The summed E-state index contributed by atoms with van der Waals surface area (Å²) in [5.74, 6) is -0.902. The summed E-state index contributed by atoms with van der Waals surface area (Å²) >= 11 is 0. The van der Waals surface area contributed by atoms with E-state index in [9.17, 15) is 9.59 Å². The van der Waals surface area contributed by atoms with Crippen molar-refractivity contribution in [3.8, 4) is 0 Å². The summed E-state index contributed by atoms with van der Waals surface area (Å²) in [4.78, 5) is 26.6. The highest BCUT2D eigenvalue weighted by atomic mass is 16.5. The van der Waals surface area contributed by atoms with Crippen molar-refractivity contribution in [1.29, 1.82) is 0 Å². The van der Waals surface area contributed by atoms with Crippen molar-refractivity contribution in [2.24, 2.45) is 0 Å². The molecule has 0 aliphatic carbocycles. The number of aliphatic carboxylic acids is 1. The number of carbonyl (C=O) groups excluding carboxylic acids is 1. The second-order valence-electron chi connectivity index (χ2n) is 4.93. The Morgan fingerprint density at radius 3 is 2.56 bits per heavy atom. The summed E-state index contributed by atoms with van der Waals surface area (Å²) in [6.07, 6.45) is 2.98. The number of rotatable bonds is 2. The van der Waals surface area contributed by atoms with Crippen molar-refractivity contribution in [3.63, 3.8) is 0 Å². The fourth-order valence-electron chi connectivity index (χ4n) is 2.68. The van der Waals surface area contributed by atoms with Gasteiger partial charge in [-0.3, -0.25) is 0 Å². The highest BCUT2D eigenvalue weighted by Crippen LogP contribution is 2.21. The average Bonchev–Trinajstić information content (AvgIpc) is 2.87. The van der Waals surface area contributed by atoms with Crippen LogP contribution >= 0.6 is 0 Å². The normalized spacial score (nSPS) is 25.2. The van der Waals surface area contributed by atoms with Crippen molar-refractivity contribution in [3.05, 3.63) is 0 Å². The van der Waals surface area contributed by atoms with Gasteiger partial charge < -0.3 is 19.6 Å². The van der Waals surface area contributed by atoms with E-state index in [4.69, 9.17) is 9.84 Å². The molecule has 0 aromatic carbocycles. The molecular weight excluding hydrogens is 236 g/mol. The molecule has 2 fully saturated rings. The topological polar surface area (TPSA) is 70.1 Å². The van der Waals surface area contributed by atoms with E-state index in [1.54, 1.807) is 11.9 Å². The first-order valence-electron chi connectivity index (χ1n) is 6.45. The summed E-state index contributed by atoms with van der Waals surface area (Å²) in [6, 6.07) is -0.645. The monoisotopic (exact) mass is 256 g/mol. The second-order valence-corrected chi connectivity index (χ2v) is 4.93. The van der Waals surface area contributed by atoms with E-state index in [-0.39, 0.29) is 12.1 Å². The third kappa shape index (κ3) is 2.58. The number of ether oxygens (including phenoxy) is 1. The fourth-order valence-corrected chi connectivity index (χ4v) is 2.68. The van der Waals surface area contributed by atoms with E-state index < -0.39 is 12.0 Å². The molecule has 0 unspecified atom stereocenters. The molecule has 2 aliphatic heterocycles. The molecule has 2 heterocycles. The molecule has 2 amide bonds. The Labute approximate surface area is 106 Å². The number of carboxylic acids is 1. The van der Waals surface area contributed by atoms with Crippen molar-refractivity contribution in [2.75, 3.05) is 26.8 Å². The Hall–Kier alpha value is -1.30. The lowest BCUT2D eigenvalue weighted by Gasteiger charge is -2.35. The molecule has 0 radical (unpaired) electrons. The maximum absolute atomic E-state index is 12.3. The minimum atomic E-state index is -0.902. The van der Waals surface area contributed by atoms with Crippen molar-refractivity contribution < 1.29 is 19.4 Å². The Bertz CT molecular complexity index is 328. The van der Waals surface area contributed by atoms with Crippen LogP contribution in [0.1, 0.15) is 25.7 Å². The molecule has 6 heteroatoms. The van der Waals surface area contributed by atoms with Gasteiger partial charge in [0, 0.05) is 32.8 Å². The van der Waals surface area contributed by atoms with Crippen molar-refractivity contribution in [2.45, 2.75) is 37.8 Å². The van der Waals surface area contributed by atoms with Gasteiger partial charge in [-0.2, -0.15) is 0 Å². The smallest absolute Gasteiger partial charge is 0.326 e. The number of nitrogens with zero attached hydrogens (tertiary/aromatic N) is 2. The molecule has 2 saturated heterocycles. The van der Waals surface area contributed by atoms with Gasteiger partial charge in [0.25, 0.3) is 0 Å². The van der Waals surface area contributed by atoms with Gasteiger partial charge in [-0.1, -0.05) is 0 Å². The summed E-state index contributed by atoms with van der Waals surface area (Å²) in [5.41, 5.74) is 0. The minimum Gasteiger partial charge on any atom is -0.480 e. The van der Waals surface area contributed by atoms with Crippen molar-refractivity contribution in [1.82, 2.24) is 9.80 Å². The summed E-state index contributed by atoms with van der Waals surface area (Å²) in [7, 11) is 1.76. The third-order valence-corrected chi connectivity index (χ3v) is 3.82. The summed E-state index contributed by atoms with van der Waals surface area (Å²) in [5, 5.41) is 9.09.